The number of carbonyl (C=O) groups is 1. The van der Waals surface area contributed by atoms with E-state index >= 15 is 0 Å². The fourth-order valence-corrected chi connectivity index (χ4v) is 3.73. The molecule has 13 heteroatoms. The summed E-state index contributed by atoms with van der Waals surface area (Å²) in [7, 11) is 0. The second-order valence-electron chi connectivity index (χ2n) is 9.24. The van der Waals surface area contributed by atoms with E-state index in [0.29, 0.717) is 0 Å². The van der Waals surface area contributed by atoms with E-state index in [-0.39, 0.29) is 44.9 Å². The molecule has 2 aliphatic heterocycles. The average molecular weight is 511 g/mol. The van der Waals surface area contributed by atoms with Gasteiger partial charge in [-0.25, -0.2) is 0 Å². The second kappa shape index (κ2) is 14.7. The van der Waals surface area contributed by atoms with Crippen molar-refractivity contribution in [1.29, 1.82) is 0 Å². The summed E-state index contributed by atoms with van der Waals surface area (Å²) < 4.78 is 33.8. The number of ether oxygens (including phenoxy) is 6. The fraction of sp³-hybridized carbons (Fsp3) is 0.955. The third-order valence-electron chi connectivity index (χ3n) is 5.49. The third-order valence-corrected chi connectivity index (χ3v) is 5.49. The van der Waals surface area contributed by atoms with Crippen molar-refractivity contribution < 1.29 is 53.6 Å². The van der Waals surface area contributed by atoms with Gasteiger partial charge in [-0.3, -0.25) is 4.79 Å². The smallest absolute Gasteiger partial charge is 0.246 e. The molecule has 2 saturated heterocycles. The largest absolute Gasteiger partial charge is 0.390 e. The fourth-order valence-electron chi connectivity index (χ4n) is 3.73. The van der Waals surface area contributed by atoms with Gasteiger partial charge in [0, 0.05) is 19.5 Å². The number of nitrogens with two attached hydrogens (primary N) is 1. The lowest BCUT2D eigenvalue weighted by Crippen LogP contribution is -2.61. The monoisotopic (exact) mass is 510 g/mol. The van der Waals surface area contributed by atoms with E-state index < -0.39 is 67.8 Å². The molecule has 0 unspecified atom stereocenters. The highest BCUT2D eigenvalue weighted by atomic mass is 16.7. The molecule has 9 atom stereocenters. The Hall–Kier alpha value is -0.970. The zero-order valence-electron chi connectivity index (χ0n) is 20.8. The van der Waals surface area contributed by atoms with Crippen LogP contribution in [-0.2, 0) is 33.2 Å². The summed E-state index contributed by atoms with van der Waals surface area (Å²) in [6.07, 6.45) is -10.5. The first-order valence-electron chi connectivity index (χ1n) is 12.0. The zero-order valence-corrected chi connectivity index (χ0v) is 20.8. The van der Waals surface area contributed by atoms with E-state index in [0.717, 1.165) is 0 Å². The second-order valence-corrected chi connectivity index (χ2v) is 9.24. The van der Waals surface area contributed by atoms with Crippen LogP contribution in [-0.4, -0.2) is 127 Å². The van der Waals surface area contributed by atoms with Gasteiger partial charge < -0.3 is 59.9 Å². The maximum atomic E-state index is 11.9. The van der Waals surface area contributed by atoms with Crippen LogP contribution in [0, 0.1) is 0 Å². The van der Waals surface area contributed by atoms with Crippen molar-refractivity contribution in [3.63, 3.8) is 0 Å². The quantitative estimate of drug-likeness (QED) is 0.154. The van der Waals surface area contributed by atoms with Crippen LogP contribution in [0.4, 0.5) is 0 Å². The van der Waals surface area contributed by atoms with E-state index in [1.54, 1.807) is 0 Å². The molecule has 7 N–H and O–H groups in total. The van der Waals surface area contributed by atoms with E-state index in [9.17, 15) is 25.2 Å². The number of aliphatic hydroxyl groups excluding tert-OH is 4. The van der Waals surface area contributed by atoms with Crippen molar-refractivity contribution in [1.82, 2.24) is 5.32 Å². The molecule has 2 heterocycles. The van der Waals surface area contributed by atoms with Crippen molar-refractivity contribution in [3.05, 3.63) is 0 Å². The lowest BCUT2D eigenvalue weighted by atomic mass is 9.98. The first-order valence-corrected chi connectivity index (χ1v) is 12.0. The van der Waals surface area contributed by atoms with Crippen LogP contribution in [0.3, 0.4) is 0 Å². The summed E-state index contributed by atoms with van der Waals surface area (Å²) >= 11 is 0. The van der Waals surface area contributed by atoms with E-state index in [4.69, 9.17) is 34.2 Å². The molecule has 0 aliphatic carbocycles. The Morgan fingerprint density at radius 3 is 2.29 bits per heavy atom. The van der Waals surface area contributed by atoms with Crippen LogP contribution in [0.25, 0.3) is 0 Å². The first kappa shape index (κ1) is 30.3. The number of aliphatic hydroxyl groups is 4. The molecule has 2 aliphatic rings. The molecule has 2 fully saturated rings. The van der Waals surface area contributed by atoms with Crippen molar-refractivity contribution in [2.45, 2.75) is 102 Å². The van der Waals surface area contributed by atoms with Crippen LogP contribution in [0.1, 0.15) is 34.1 Å². The van der Waals surface area contributed by atoms with E-state index in [2.05, 4.69) is 5.32 Å². The van der Waals surface area contributed by atoms with Crippen molar-refractivity contribution in [3.8, 4) is 0 Å². The number of hydrogen-bond acceptors (Lipinski definition) is 12. The number of nitrogens with one attached hydrogen (secondary N) is 1. The van der Waals surface area contributed by atoms with Crippen molar-refractivity contribution in [2.75, 3.05) is 32.9 Å². The van der Waals surface area contributed by atoms with Crippen LogP contribution >= 0.6 is 0 Å². The van der Waals surface area contributed by atoms with Crippen LogP contribution in [0.5, 0.6) is 0 Å². The highest BCUT2D eigenvalue weighted by molar-refractivity contribution is 5.77. The summed E-state index contributed by atoms with van der Waals surface area (Å²) in [6, 6.07) is 0. The van der Waals surface area contributed by atoms with E-state index in [1.807, 2.05) is 27.7 Å². The van der Waals surface area contributed by atoms with Gasteiger partial charge in [0.05, 0.1) is 31.5 Å². The Bertz CT molecular complexity index is 626. The normalized spacial score (nSPS) is 36.0. The van der Waals surface area contributed by atoms with Gasteiger partial charge >= 0.3 is 0 Å². The van der Waals surface area contributed by atoms with E-state index in [1.165, 1.54) is 0 Å². The average Bonchev–Trinajstić information content (AvgIpc) is 2.78. The maximum absolute atomic E-state index is 11.9. The third kappa shape index (κ3) is 9.44. The van der Waals surface area contributed by atoms with Gasteiger partial charge in [0.25, 0.3) is 0 Å². The Kier molecular flexibility index (Phi) is 12.7. The summed E-state index contributed by atoms with van der Waals surface area (Å²) in [5.41, 5.74) is 5.37. The van der Waals surface area contributed by atoms with Crippen LogP contribution in [0.2, 0.25) is 0 Å². The van der Waals surface area contributed by atoms with Gasteiger partial charge in [0.15, 0.2) is 12.6 Å². The Morgan fingerprint density at radius 2 is 1.66 bits per heavy atom. The van der Waals surface area contributed by atoms with Gasteiger partial charge in [-0.05, 0) is 27.7 Å². The molecule has 0 spiro atoms. The minimum Gasteiger partial charge on any atom is -0.390 e. The summed E-state index contributed by atoms with van der Waals surface area (Å²) in [4.78, 5) is 11.9. The molecule has 0 bridgehead atoms. The Morgan fingerprint density at radius 1 is 0.971 bits per heavy atom. The summed E-state index contributed by atoms with van der Waals surface area (Å²) in [5, 5.41) is 44.6. The zero-order chi connectivity index (χ0) is 26.1. The molecule has 35 heavy (non-hydrogen) atoms. The predicted molar refractivity (Wildman–Crippen MR) is 121 cm³/mol. The highest BCUT2D eigenvalue weighted by Gasteiger charge is 2.47. The van der Waals surface area contributed by atoms with Gasteiger partial charge in [-0.1, -0.05) is 0 Å². The molecule has 206 valence electrons. The maximum Gasteiger partial charge on any atom is 0.246 e. The lowest BCUT2D eigenvalue weighted by molar-refractivity contribution is -0.325. The Labute approximate surface area is 205 Å². The molecule has 0 aromatic carbocycles. The van der Waals surface area contributed by atoms with Crippen molar-refractivity contribution >= 4 is 5.91 Å². The molecular formula is C22H42N2O11. The number of amides is 1. The topological polar surface area (TPSA) is 191 Å². The number of carbonyl (C=O) groups excluding carboxylic acids is 1. The van der Waals surface area contributed by atoms with Crippen molar-refractivity contribution in [2.24, 2.45) is 5.73 Å². The number of hydrogen-bond donors (Lipinski definition) is 6. The summed E-state index contributed by atoms with van der Waals surface area (Å²) in [5.74, 6) is -0.460. The van der Waals surface area contributed by atoms with Gasteiger partial charge in [0.1, 0.15) is 43.2 Å². The minimum atomic E-state index is -1.48. The molecule has 0 aromatic rings. The van der Waals surface area contributed by atoms with Crippen LogP contribution in [0.15, 0.2) is 0 Å². The minimum absolute atomic E-state index is 0.0176. The molecule has 1 amide bonds. The standard InChI is InChI=1S/C22H42N2O11/c1-11(2)30-8-15-19(28)21(31-10-16(26)24-6-5-23)20(29)22(35-15)32-9-14-18(27)13(25)7-17(34-14)33-12(3)4/h11-15,17-22,25,27-29H,5-10,23H2,1-4H3,(H,24,26)/t13-,14-,15-,17+,18+,19-,20-,21+,22+/m1/s1. The molecule has 13 nitrogen and oxygen atoms in total. The Balaban J connectivity index is 2.04. The van der Waals surface area contributed by atoms with Gasteiger partial charge in [-0.15, -0.1) is 0 Å². The van der Waals surface area contributed by atoms with Crippen LogP contribution < -0.4 is 11.1 Å². The number of rotatable bonds is 13. The van der Waals surface area contributed by atoms with Gasteiger partial charge in [0.2, 0.25) is 5.91 Å². The molecule has 0 saturated carbocycles. The lowest BCUT2D eigenvalue weighted by Gasteiger charge is -2.43. The predicted octanol–water partition coefficient (Wildman–Crippen LogP) is -2.40. The highest BCUT2D eigenvalue weighted by Crippen LogP contribution is 2.27. The first-order chi connectivity index (χ1) is 16.5. The summed E-state index contributed by atoms with van der Waals surface area (Å²) in [6.45, 7) is 7.09. The molecular weight excluding hydrogens is 468 g/mol. The molecule has 2 rings (SSSR count). The molecule has 0 aromatic heterocycles. The molecule has 0 radical (unpaired) electrons. The SMILES string of the molecule is CC(C)OC[C@H]1O[C@H](OC[C@H]2O[C@H](OC(C)C)C[C@@H](O)[C@@H]2O)[C@H](O)[C@@H](OCC(=O)NCCN)[C@@H]1O. The van der Waals surface area contributed by atoms with Gasteiger partial charge in [-0.2, -0.15) is 0 Å².